The Balaban J connectivity index is 2.42. The number of aromatic carboxylic acids is 1. The zero-order valence-electron chi connectivity index (χ0n) is 20.8. The average molecular weight is 473 g/mol. The Morgan fingerprint density at radius 3 is 1.88 bits per heavy atom. The molecular weight excluding hydrogens is 436 g/mol. The van der Waals surface area contributed by atoms with Crippen molar-refractivity contribution in [3.05, 3.63) is 41.5 Å². The Hall–Kier alpha value is -3.42. The first-order valence-corrected chi connectivity index (χ1v) is 11.5. The van der Waals surface area contributed by atoms with Crippen molar-refractivity contribution in [1.82, 2.24) is 0 Å². The molecule has 0 atom stereocenters. The molecule has 0 radical (unpaired) electrons. The molecule has 186 valence electrons. The lowest BCUT2D eigenvalue weighted by molar-refractivity contribution is 0.0696. The highest BCUT2D eigenvalue weighted by molar-refractivity contribution is 6.08. The molecule has 2 rings (SSSR count). The van der Waals surface area contributed by atoms with Gasteiger partial charge >= 0.3 is 5.97 Å². The minimum Gasteiger partial charge on any atom is -0.492 e. The zero-order chi connectivity index (χ0) is 25.4. The quantitative estimate of drug-likeness (QED) is 0.357. The van der Waals surface area contributed by atoms with E-state index >= 15 is 0 Å². The van der Waals surface area contributed by atoms with Gasteiger partial charge in [-0.25, -0.2) is 4.79 Å². The third-order valence-corrected chi connectivity index (χ3v) is 4.55. The third kappa shape index (κ3) is 7.86. The summed E-state index contributed by atoms with van der Waals surface area (Å²) < 4.78 is 17.5. The number of nitrogens with two attached hydrogens (primary N) is 1. The smallest absolute Gasteiger partial charge is 0.335 e. The van der Waals surface area contributed by atoms with Gasteiger partial charge in [0, 0.05) is 6.07 Å². The van der Waals surface area contributed by atoms with Crippen LogP contribution >= 0.6 is 0 Å². The molecule has 0 unspecified atom stereocenters. The van der Waals surface area contributed by atoms with Gasteiger partial charge < -0.3 is 30.4 Å². The number of carboxylic acids is 1. The van der Waals surface area contributed by atoms with Crippen LogP contribution in [0.3, 0.4) is 0 Å². The molecule has 0 aliphatic rings. The lowest BCUT2D eigenvalue weighted by atomic mass is 10.1. The van der Waals surface area contributed by atoms with E-state index in [0.717, 1.165) is 0 Å². The van der Waals surface area contributed by atoms with Crippen LogP contribution in [0, 0.1) is 17.8 Å². The van der Waals surface area contributed by atoms with Crippen LogP contribution in [0.15, 0.2) is 30.3 Å². The predicted molar refractivity (Wildman–Crippen MR) is 133 cm³/mol. The van der Waals surface area contributed by atoms with E-state index in [1.54, 1.807) is 12.1 Å². The van der Waals surface area contributed by atoms with Gasteiger partial charge in [-0.05, 0) is 42.0 Å². The van der Waals surface area contributed by atoms with Gasteiger partial charge in [0.2, 0.25) is 0 Å². The topological polar surface area (TPSA) is 120 Å². The second-order valence-corrected chi connectivity index (χ2v) is 9.47. The molecule has 4 N–H and O–H groups in total. The molecular formula is C26H36N2O6. The summed E-state index contributed by atoms with van der Waals surface area (Å²) in [4.78, 5) is 24.7. The van der Waals surface area contributed by atoms with Crippen molar-refractivity contribution in [2.24, 2.45) is 17.8 Å². The number of carboxylic acid groups (broad SMARTS) is 1. The fourth-order valence-electron chi connectivity index (χ4n) is 2.83. The summed E-state index contributed by atoms with van der Waals surface area (Å²) in [6.45, 7) is 13.2. The van der Waals surface area contributed by atoms with Crippen molar-refractivity contribution in [2.75, 3.05) is 30.9 Å². The molecule has 2 aromatic rings. The normalized spacial score (nSPS) is 11.1. The Labute approximate surface area is 201 Å². The lowest BCUT2D eigenvalue weighted by Gasteiger charge is -2.18. The molecule has 0 saturated heterocycles. The highest BCUT2D eigenvalue weighted by Crippen LogP contribution is 2.34. The Morgan fingerprint density at radius 1 is 0.824 bits per heavy atom. The third-order valence-electron chi connectivity index (χ3n) is 4.55. The number of nitrogens with one attached hydrogen (secondary N) is 1. The van der Waals surface area contributed by atoms with Gasteiger partial charge in [0.15, 0.2) is 0 Å². The number of ether oxygens (including phenoxy) is 3. The van der Waals surface area contributed by atoms with Crippen LogP contribution in [0.5, 0.6) is 17.2 Å². The summed E-state index contributed by atoms with van der Waals surface area (Å²) in [5.74, 6) is 0.216. The molecule has 2 aromatic carbocycles. The van der Waals surface area contributed by atoms with Crippen molar-refractivity contribution in [3.8, 4) is 17.2 Å². The molecule has 0 aliphatic heterocycles. The van der Waals surface area contributed by atoms with Crippen LogP contribution in [0.2, 0.25) is 0 Å². The van der Waals surface area contributed by atoms with E-state index in [-0.39, 0.29) is 34.6 Å². The molecule has 0 fully saturated rings. The van der Waals surface area contributed by atoms with E-state index in [2.05, 4.69) is 5.32 Å². The van der Waals surface area contributed by atoms with E-state index in [9.17, 15) is 14.7 Å². The number of carbonyl (C=O) groups excluding carboxylic acids is 1. The first-order chi connectivity index (χ1) is 16.0. The lowest BCUT2D eigenvalue weighted by Crippen LogP contribution is -2.17. The first-order valence-electron chi connectivity index (χ1n) is 11.5. The van der Waals surface area contributed by atoms with Crippen molar-refractivity contribution in [3.63, 3.8) is 0 Å². The Morgan fingerprint density at radius 2 is 1.35 bits per heavy atom. The highest BCUT2D eigenvalue weighted by Gasteiger charge is 2.20. The largest absolute Gasteiger partial charge is 0.492 e. The van der Waals surface area contributed by atoms with Crippen LogP contribution in [0.1, 0.15) is 62.3 Å². The van der Waals surface area contributed by atoms with Crippen molar-refractivity contribution >= 4 is 23.3 Å². The van der Waals surface area contributed by atoms with Crippen molar-refractivity contribution in [2.45, 2.75) is 41.5 Å². The van der Waals surface area contributed by atoms with Crippen LogP contribution < -0.4 is 25.3 Å². The van der Waals surface area contributed by atoms with Gasteiger partial charge in [0.1, 0.15) is 17.2 Å². The molecule has 0 saturated carbocycles. The molecule has 0 heterocycles. The van der Waals surface area contributed by atoms with E-state index in [0.29, 0.717) is 42.7 Å². The van der Waals surface area contributed by atoms with E-state index in [1.807, 2.05) is 41.5 Å². The van der Waals surface area contributed by atoms with Gasteiger partial charge in [-0.2, -0.15) is 0 Å². The summed E-state index contributed by atoms with van der Waals surface area (Å²) in [6, 6.07) is 7.49. The van der Waals surface area contributed by atoms with E-state index in [1.165, 1.54) is 18.2 Å². The van der Waals surface area contributed by atoms with E-state index in [4.69, 9.17) is 19.9 Å². The maximum atomic E-state index is 13.3. The SMILES string of the molecule is CC(C)COc1cc(C(=O)Nc2ccc(C(=O)O)cc2OCC(C)C)c(OCC(C)C)cc1N. The first kappa shape index (κ1) is 26.8. The molecule has 34 heavy (non-hydrogen) atoms. The summed E-state index contributed by atoms with van der Waals surface area (Å²) in [5, 5.41) is 12.2. The molecule has 0 spiro atoms. The fraction of sp³-hybridized carbons (Fsp3) is 0.462. The number of benzene rings is 2. The number of rotatable bonds is 12. The number of carbonyl (C=O) groups is 2. The molecule has 0 aromatic heterocycles. The predicted octanol–water partition coefficient (Wildman–Crippen LogP) is 5.32. The minimum atomic E-state index is -1.08. The standard InChI is InChI=1S/C26H36N2O6/c1-15(2)12-32-22-11-20(27)23(33-13-16(3)4)10-19(22)25(29)28-21-8-7-18(26(30)31)9-24(21)34-14-17(5)6/h7-11,15-17H,12-14,27H2,1-6H3,(H,28,29)(H,30,31). The number of nitrogen functional groups attached to an aromatic ring is 1. The highest BCUT2D eigenvalue weighted by atomic mass is 16.5. The summed E-state index contributed by atoms with van der Waals surface area (Å²) in [7, 11) is 0. The van der Waals surface area contributed by atoms with Crippen LogP contribution in [0.25, 0.3) is 0 Å². The van der Waals surface area contributed by atoms with Gasteiger partial charge in [0.05, 0.1) is 42.3 Å². The average Bonchev–Trinajstić information content (AvgIpc) is 2.75. The van der Waals surface area contributed by atoms with Crippen molar-refractivity contribution < 1.29 is 28.9 Å². The second-order valence-electron chi connectivity index (χ2n) is 9.47. The zero-order valence-corrected chi connectivity index (χ0v) is 20.8. The Kier molecular flexibility index (Phi) is 9.59. The van der Waals surface area contributed by atoms with Crippen molar-refractivity contribution in [1.29, 1.82) is 0 Å². The van der Waals surface area contributed by atoms with E-state index < -0.39 is 11.9 Å². The van der Waals surface area contributed by atoms with Crippen LogP contribution in [-0.4, -0.2) is 36.8 Å². The number of hydrogen-bond donors (Lipinski definition) is 3. The maximum Gasteiger partial charge on any atom is 0.335 e. The van der Waals surface area contributed by atoms with Gasteiger partial charge in [-0.1, -0.05) is 41.5 Å². The molecule has 0 bridgehead atoms. The summed E-state index contributed by atoms with van der Waals surface area (Å²) in [6.07, 6.45) is 0. The monoisotopic (exact) mass is 472 g/mol. The van der Waals surface area contributed by atoms with Gasteiger partial charge in [0.25, 0.3) is 5.91 Å². The molecule has 8 nitrogen and oxygen atoms in total. The molecule has 0 aliphatic carbocycles. The summed E-state index contributed by atoms with van der Waals surface area (Å²) >= 11 is 0. The Bertz CT molecular complexity index is 1000. The van der Waals surface area contributed by atoms with Crippen LogP contribution in [0.4, 0.5) is 11.4 Å². The summed E-state index contributed by atoms with van der Waals surface area (Å²) in [5.41, 5.74) is 7.21. The molecule has 1 amide bonds. The van der Waals surface area contributed by atoms with Gasteiger partial charge in [-0.15, -0.1) is 0 Å². The number of anilines is 2. The van der Waals surface area contributed by atoms with Gasteiger partial charge in [-0.3, -0.25) is 4.79 Å². The van der Waals surface area contributed by atoms with Crippen LogP contribution in [-0.2, 0) is 0 Å². The number of amides is 1. The second kappa shape index (κ2) is 12.2. The number of hydrogen-bond acceptors (Lipinski definition) is 6. The minimum absolute atomic E-state index is 0.0644. The maximum absolute atomic E-state index is 13.3. The fourth-order valence-corrected chi connectivity index (χ4v) is 2.83. The molecule has 8 heteroatoms.